The van der Waals surface area contributed by atoms with E-state index in [0.717, 1.165) is 32.5 Å². The number of ether oxygens (including phenoxy) is 1. The van der Waals surface area contributed by atoms with E-state index < -0.39 is 0 Å². The summed E-state index contributed by atoms with van der Waals surface area (Å²) in [6, 6.07) is 10.0. The maximum atomic E-state index is 11.8. The van der Waals surface area contributed by atoms with Gasteiger partial charge in [-0.25, -0.2) is 0 Å². The lowest BCUT2D eigenvalue weighted by atomic mass is 9.92. The van der Waals surface area contributed by atoms with Crippen molar-refractivity contribution < 1.29 is 14.6 Å². The van der Waals surface area contributed by atoms with Crippen molar-refractivity contribution in [2.45, 2.75) is 38.2 Å². The van der Waals surface area contributed by atoms with Crippen molar-refractivity contribution in [1.29, 1.82) is 0 Å². The van der Waals surface area contributed by atoms with Crippen LogP contribution >= 0.6 is 0 Å². The Morgan fingerprint density at radius 1 is 1.29 bits per heavy atom. The summed E-state index contributed by atoms with van der Waals surface area (Å²) >= 11 is 0. The van der Waals surface area contributed by atoms with Gasteiger partial charge in [0.15, 0.2) is 0 Å². The SMILES string of the molecule is O=C(CCc1ccccc1)NCC[C@H](O)C1CCOCC1. The molecule has 1 fully saturated rings. The number of hydrogen-bond donors (Lipinski definition) is 2. The first kappa shape index (κ1) is 16.0. The molecule has 1 aliphatic rings. The molecule has 1 atom stereocenters. The number of carbonyl (C=O) groups excluding carboxylic acids is 1. The maximum Gasteiger partial charge on any atom is 0.220 e. The molecule has 0 unspecified atom stereocenters. The first-order valence-corrected chi connectivity index (χ1v) is 7.82. The van der Waals surface area contributed by atoms with Gasteiger partial charge in [0.1, 0.15) is 0 Å². The second-order valence-electron chi connectivity index (χ2n) is 5.64. The third-order valence-electron chi connectivity index (χ3n) is 4.06. The largest absolute Gasteiger partial charge is 0.393 e. The summed E-state index contributed by atoms with van der Waals surface area (Å²) in [5, 5.41) is 13.0. The molecule has 4 heteroatoms. The van der Waals surface area contributed by atoms with E-state index in [1.165, 1.54) is 5.56 Å². The number of aliphatic hydroxyl groups excluding tert-OH is 1. The van der Waals surface area contributed by atoms with E-state index in [0.29, 0.717) is 25.3 Å². The van der Waals surface area contributed by atoms with Crippen molar-refractivity contribution in [3.63, 3.8) is 0 Å². The highest BCUT2D eigenvalue weighted by atomic mass is 16.5. The van der Waals surface area contributed by atoms with Crippen LogP contribution in [-0.2, 0) is 16.0 Å². The van der Waals surface area contributed by atoms with E-state index in [1.807, 2.05) is 30.3 Å². The predicted octanol–water partition coefficient (Wildman–Crippen LogP) is 1.91. The van der Waals surface area contributed by atoms with E-state index in [-0.39, 0.29) is 12.0 Å². The van der Waals surface area contributed by atoms with Gasteiger partial charge in [-0.2, -0.15) is 0 Å². The molecule has 1 heterocycles. The Bertz CT molecular complexity index is 415. The number of aliphatic hydroxyl groups is 1. The molecular weight excluding hydrogens is 266 g/mol. The zero-order valence-corrected chi connectivity index (χ0v) is 12.5. The van der Waals surface area contributed by atoms with E-state index in [9.17, 15) is 9.90 Å². The molecule has 1 aliphatic heterocycles. The van der Waals surface area contributed by atoms with Crippen molar-refractivity contribution in [2.24, 2.45) is 5.92 Å². The van der Waals surface area contributed by atoms with Gasteiger partial charge in [-0.05, 0) is 37.2 Å². The molecule has 0 spiro atoms. The van der Waals surface area contributed by atoms with E-state index in [4.69, 9.17) is 4.74 Å². The molecule has 21 heavy (non-hydrogen) atoms. The van der Waals surface area contributed by atoms with Gasteiger partial charge in [0.2, 0.25) is 5.91 Å². The van der Waals surface area contributed by atoms with Crippen molar-refractivity contribution in [3.8, 4) is 0 Å². The Balaban J connectivity index is 1.58. The van der Waals surface area contributed by atoms with Crippen molar-refractivity contribution in [2.75, 3.05) is 19.8 Å². The molecule has 1 saturated heterocycles. The van der Waals surface area contributed by atoms with Gasteiger partial charge in [0.25, 0.3) is 0 Å². The lowest BCUT2D eigenvalue weighted by Gasteiger charge is -2.26. The molecule has 116 valence electrons. The molecule has 0 aromatic heterocycles. The minimum atomic E-state index is -0.330. The summed E-state index contributed by atoms with van der Waals surface area (Å²) in [4.78, 5) is 11.8. The molecule has 1 aromatic rings. The van der Waals surface area contributed by atoms with Crippen molar-refractivity contribution in [3.05, 3.63) is 35.9 Å². The normalized spacial score (nSPS) is 17.4. The predicted molar refractivity (Wildman–Crippen MR) is 81.9 cm³/mol. The van der Waals surface area contributed by atoms with Crippen LogP contribution in [0.1, 0.15) is 31.2 Å². The lowest BCUT2D eigenvalue weighted by molar-refractivity contribution is -0.121. The number of carbonyl (C=O) groups is 1. The highest BCUT2D eigenvalue weighted by Crippen LogP contribution is 2.20. The Morgan fingerprint density at radius 3 is 2.71 bits per heavy atom. The number of amides is 1. The minimum absolute atomic E-state index is 0.0537. The molecule has 0 saturated carbocycles. The second-order valence-corrected chi connectivity index (χ2v) is 5.64. The Kier molecular flexibility index (Phi) is 6.70. The number of nitrogens with one attached hydrogen (secondary N) is 1. The topological polar surface area (TPSA) is 58.6 Å². The summed E-state index contributed by atoms with van der Waals surface area (Å²) < 4.78 is 5.29. The molecule has 0 radical (unpaired) electrons. The lowest BCUT2D eigenvalue weighted by Crippen LogP contribution is -2.32. The van der Waals surface area contributed by atoms with E-state index >= 15 is 0 Å². The van der Waals surface area contributed by atoms with Gasteiger partial charge >= 0.3 is 0 Å². The van der Waals surface area contributed by atoms with Crippen LogP contribution in [0.5, 0.6) is 0 Å². The minimum Gasteiger partial charge on any atom is -0.393 e. The van der Waals surface area contributed by atoms with Gasteiger partial charge in [0.05, 0.1) is 6.10 Å². The van der Waals surface area contributed by atoms with Crippen LogP contribution in [0.25, 0.3) is 0 Å². The third kappa shape index (κ3) is 5.86. The van der Waals surface area contributed by atoms with Crippen LogP contribution in [0.15, 0.2) is 30.3 Å². The Morgan fingerprint density at radius 2 is 2.00 bits per heavy atom. The van der Waals surface area contributed by atoms with Crippen LogP contribution < -0.4 is 5.32 Å². The molecule has 2 rings (SSSR count). The van der Waals surface area contributed by atoms with Crippen LogP contribution in [0, 0.1) is 5.92 Å². The van der Waals surface area contributed by atoms with Crippen LogP contribution in [-0.4, -0.2) is 36.9 Å². The first-order chi connectivity index (χ1) is 10.3. The third-order valence-corrected chi connectivity index (χ3v) is 4.06. The fourth-order valence-electron chi connectivity index (χ4n) is 2.69. The van der Waals surface area contributed by atoms with Gasteiger partial charge < -0.3 is 15.2 Å². The fraction of sp³-hybridized carbons (Fsp3) is 0.588. The van der Waals surface area contributed by atoms with Gasteiger partial charge in [-0.1, -0.05) is 30.3 Å². The molecule has 1 amide bonds. The average Bonchev–Trinajstić information content (AvgIpc) is 2.54. The summed E-state index contributed by atoms with van der Waals surface area (Å²) in [5.74, 6) is 0.373. The molecule has 0 aliphatic carbocycles. The van der Waals surface area contributed by atoms with Gasteiger partial charge in [-0.3, -0.25) is 4.79 Å². The number of benzene rings is 1. The molecule has 0 bridgehead atoms. The monoisotopic (exact) mass is 291 g/mol. The zero-order valence-electron chi connectivity index (χ0n) is 12.5. The summed E-state index contributed by atoms with van der Waals surface area (Å²) in [5.41, 5.74) is 1.18. The van der Waals surface area contributed by atoms with Crippen molar-refractivity contribution in [1.82, 2.24) is 5.32 Å². The second kappa shape index (κ2) is 8.80. The summed E-state index contributed by atoms with van der Waals surface area (Å²) in [6.45, 7) is 2.03. The highest BCUT2D eigenvalue weighted by molar-refractivity contribution is 5.76. The van der Waals surface area contributed by atoms with Crippen LogP contribution in [0.4, 0.5) is 0 Å². The average molecular weight is 291 g/mol. The van der Waals surface area contributed by atoms with Crippen molar-refractivity contribution >= 4 is 5.91 Å². The molecular formula is C17H25NO3. The fourth-order valence-corrected chi connectivity index (χ4v) is 2.69. The zero-order chi connectivity index (χ0) is 14.9. The quantitative estimate of drug-likeness (QED) is 0.807. The van der Waals surface area contributed by atoms with Crippen LogP contribution in [0.3, 0.4) is 0 Å². The molecule has 2 N–H and O–H groups in total. The van der Waals surface area contributed by atoms with E-state index in [1.54, 1.807) is 0 Å². The highest BCUT2D eigenvalue weighted by Gasteiger charge is 2.21. The number of rotatable bonds is 7. The smallest absolute Gasteiger partial charge is 0.220 e. The molecule has 1 aromatic carbocycles. The first-order valence-electron chi connectivity index (χ1n) is 7.82. The number of hydrogen-bond acceptors (Lipinski definition) is 3. The number of aryl methyl sites for hydroxylation is 1. The van der Waals surface area contributed by atoms with Crippen LogP contribution in [0.2, 0.25) is 0 Å². The standard InChI is InChI=1S/C17H25NO3/c19-16(15-9-12-21-13-10-15)8-11-18-17(20)7-6-14-4-2-1-3-5-14/h1-5,15-16,19H,6-13H2,(H,18,20)/t16-/m0/s1. The van der Waals surface area contributed by atoms with E-state index in [2.05, 4.69) is 5.32 Å². The summed E-state index contributed by atoms with van der Waals surface area (Å²) in [7, 11) is 0. The maximum absolute atomic E-state index is 11.8. The van der Waals surface area contributed by atoms with Gasteiger partial charge in [-0.15, -0.1) is 0 Å². The molecule has 4 nitrogen and oxygen atoms in total. The van der Waals surface area contributed by atoms with Gasteiger partial charge in [0, 0.05) is 26.2 Å². The Hall–Kier alpha value is -1.39. The Labute approximate surface area is 126 Å². The summed E-state index contributed by atoms with van der Waals surface area (Å²) in [6.07, 6.45) is 3.39.